The highest BCUT2D eigenvalue weighted by atomic mass is 16.1. The minimum Gasteiger partial charge on any atom is -0.361 e. The number of benzene rings is 1. The summed E-state index contributed by atoms with van der Waals surface area (Å²) in [6.45, 7) is 1.89. The summed E-state index contributed by atoms with van der Waals surface area (Å²) in [5, 5.41) is 1.10. The predicted octanol–water partition coefficient (Wildman–Crippen LogP) is 1.68. The first kappa shape index (κ1) is 9.84. The Morgan fingerprint density at radius 1 is 0.882 bits per heavy atom. The summed E-state index contributed by atoms with van der Waals surface area (Å²) in [6.07, 6.45) is 3.23. The Balaban J connectivity index is 2.73. The largest absolute Gasteiger partial charge is 0.361 e. The van der Waals surface area contributed by atoms with Crippen LogP contribution in [-0.4, -0.2) is 9.97 Å². The molecule has 2 N–H and O–H groups in total. The molecule has 0 amide bonds. The first-order valence-electron chi connectivity index (χ1n) is 5.31. The maximum Gasteiger partial charge on any atom is 0.189 e. The van der Waals surface area contributed by atoms with E-state index in [9.17, 15) is 9.59 Å². The van der Waals surface area contributed by atoms with E-state index in [4.69, 9.17) is 0 Å². The van der Waals surface area contributed by atoms with Crippen molar-refractivity contribution in [3.05, 3.63) is 56.6 Å². The minimum absolute atomic E-state index is 0.0768. The number of rotatable bonds is 0. The molecule has 2 aromatic heterocycles. The number of fused-ring (bicyclic) bond motifs is 2. The quantitative estimate of drug-likeness (QED) is 0.573. The lowest BCUT2D eigenvalue weighted by atomic mass is 10.1. The molecule has 0 unspecified atom stereocenters. The van der Waals surface area contributed by atoms with Crippen molar-refractivity contribution in [2.24, 2.45) is 0 Å². The monoisotopic (exact) mass is 226 g/mol. The summed E-state index contributed by atoms with van der Waals surface area (Å²) in [4.78, 5) is 29.6. The van der Waals surface area contributed by atoms with Crippen molar-refractivity contribution < 1.29 is 0 Å². The highest BCUT2D eigenvalue weighted by Gasteiger charge is 2.08. The van der Waals surface area contributed by atoms with Crippen LogP contribution >= 0.6 is 0 Å². The molecule has 0 aliphatic heterocycles. The molecule has 0 saturated heterocycles. The van der Waals surface area contributed by atoms with Gasteiger partial charge < -0.3 is 9.97 Å². The van der Waals surface area contributed by atoms with Gasteiger partial charge in [-0.15, -0.1) is 0 Å². The molecular formula is C13H10N2O2. The second-order valence-electron chi connectivity index (χ2n) is 4.03. The van der Waals surface area contributed by atoms with Crippen LogP contribution in [0, 0.1) is 6.92 Å². The summed E-state index contributed by atoms with van der Waals surface area (Å²) in [5.74, 6) is 0. The fourth-order valence-corrected chi connectivity index (χ4v) is 2.16. The molecule has 1 aromatic carbocycles. The smallest absolute Gasteiger partial charge is 0.189 e. The van der Waals surface area contributed by atoms with E-state index in [1.165, 1.54) is 12.1 Å². The number of pyridine rings is 2. The van der Waals surface area contributed by atoms with Crippen molar-refractivity contribution in [2.45, 2.75) is 6.92 Å². The summed E-state index contributed by atoms with van der Waals surface area (Å²) in [5.41, 5.74) is 2.27. The Morgan fingerprint density at radius 3 is 1.82 bits per heavy atom. The van der Waals surface area contributed by atoms with Crippen molar-refractivity contribution in [3.8, 4) is 0 Å². The number of nitrogens with one attached hydrogen (secondary N) is 2. The van der Waals surface area contributed by atoms with E-state index in [-0.39, 0.29) is 10.9 Å². The molecule has 84 valence electrons. The van der Waals surface area contributed by atoms with Crippen LogP contribution in [0.3, 0.4) is 0 Å². The molecule has 17 heavy (non-hydrogen) atoms. The summed E-state index contributed by atoms with van der Waals surface area (Å²) < 4.78 is 0. The van der Waals surface area contributed by atoms with E-state index in [1.54, 1.807) is 18.5 Å². The average molecular weight is 226 g/mol. The Labute approximate surface area is 95.9 Å². The molecule has 2 heterocycles. The van der Waals surface area contributed by atoms with Gasteiger partial charge >= 0.3 is 0 Å². The fourth-order valence-electron chi connectivity index (χ4n) is 2.16. The van der Waals surface area contributed by atoms with Crippen LogP contribution in [0.4, 0.5) is 0 Å². The molecule has 4 heteroatoms. The number of aromatic nitrogens is 2. The number of aromatic amines is 2. The first-order valence-corrected chi connectivity index (χ1v) is 5.31. The van der Waals surface area contributed by atoms with Crippen LogP contribution < -0.4 is 10.9 Å². The van der Waals surface area contributed by atoms with Gasteiger partial charge in [-0.05, 0) is 18.6 Å². The number of hydrogen-bond donors (Lipinski definition) is 2. The second kappa shape index (κ2) is 3.31. The third kappa shape index (κ3) is 1.30. The van der Waals surface area contributed by atoms with Crippen molar-refractivity contribution in [1.82, 2.24) is 9.97 Å². The van der Waals surface area contributed by atoms with Gasteiger partial charge in [0.1, 0.15) is 0 Å². The highest BCUT2D eigenvalue weighted by Crippen LogP contribution is 2.20. The van der Waals surface area contributed by atoms with E-state index < -0.39 is 0 Å². The average Bonchev–Trinajstić information content (AvgIpc) is 2.32. The van der Waals surface area contributed by atoms with Crippen molar-refractivity contribution in [1.29, 1.82) is 0 Å². The molecule has 4 nitrogen and oxygen atoms in total. The number of aryl methyl sites for hydroxylation is 1. The lowest BCUT2D eigenvalue weighted by Gasteiger charge is -2.05. The van der Waals surface area contributed by atoms with E-state index in [2.05, 4.69) is 9.97 Å². The zero-order chi connectivity index (χ0) is 12.0. The standard InChI is InChI=1S/C13H10N2O2/c1-7-12-8(10(16)2-4-14-12)6-9-11(17)3-5-15-13(7)9/h2-6H,1H3,(H,14,16)(H,15,17). The Morgan fingerprint density at radius 2 is 1.35 bits per heavy atom. The topological polar surface area (TPSA) is 65.7 Å². The third-order valence-corrected chi connectivity index (χ3v) is 3.03. The number of hydrogen-bond acceptors (Lipinski definition) is 2. The van der Waals surface area contributed by atoms with Crippen LogP contribution in [0.15, 0.2) is 40.2 Å². The van der Waals surface area contributed by atoms with Gasteiger partial charge in [0.05, 0.1) is 11.0 Å². The maximum absolute atomic E-state index is 11.8. The van der Waals surface area contributed by atoms with Gasteiger partial charge in [0.25, 0.3) is 0 Å². The maximum atomic E-state index is 11.8. The van der Waals surface area contributed by atoms with Crippen LogP contribution in [-0.2, 0) is 0 Å². The minimum atomic E-state index is -0.0768. The van der Waals surface area contributed by atoms with Crippen LogP contribution in [0.25, 0.3) is 21.8 Å². The van der Waals surface area contributed by atoms with Gasteiger partial charge in [-0.2, -0.15) is 0 Å². The molecule has 3 aromatic rings. The molecule has 0 bridgehead atoms. The van der Waals surface area contributed by atoms with Crippen LogP contribution in [0.2, 0.25) is 0 Å². The fraction of sp³-hybridized carbons (Fsp3) is 0.0769. The zero-order valence-electron chi connectivity index (χ0n) is 9.20. The molecule has 0 radical (unpaired) electrons. The molecule has 3 rings (SSSR count). The van der Waals surface area contributed by atoms with Gasteiger partial charge in [-0.25, -0.2) is 0 Å². The molecular weight excluding hydrogens is 216 g/mol. The van der Waals surface area contributed by atoms with E-state index >= 15 is 0 Å². The van der Waals surface area contributed by atoms with Gasteiger partial charge in [0.2, 0.25) is 0 Å². The van der Waals surface area contributed by atoms with E-state index in [0.717, 1.165) is 16.6 Å². The predicted molar refractivity (Wildman–Crippen MR) is 67.4 cm³/mol. The highest BCUT2D eigenvalue weighted by molar-refractivity contribution is 5.97. The lowest BCUT2D eigenvalue weighted by molar-refractivity contribution is 1.32. The van der Waals surface area contributed by atoms with E-state index in [0.29, 0.717) is 10.8 Å². The van der Waals surface area contributed by atoms with E-state index in [1.807, 2.05) is 6.92 Å². The zero-order valence-corrected chi connectivity index (χ0v) is 9.20. The van der Waals surface area contributed by atoms with Gasteiger partial charge in [-0.1, -0.05) is 0 Å². The van der Waals surface area contributed by atoms with Crippen molar-refractivity contribution in [2.75, 3.05) is 0 Å². The lowest BCUT2D eigenvalue weighted by Crippen LogP contribution is -2.06. The van der Waals surface area contributed by atoms with Gasteiger partial charge in [-0.3, -0.25) is 9.59 Å². The molecule has 0 saturated carbocycles. The molecule has 0 fully saturated rings. The Bertz CT molecular complexity index is 775. The molecule has 0 spiro atoms. The van der Waals surface area contributed by atoms with Gasteiger partial charge in [0.15, 0.2) is 10.9 Å². The summed E-state index contributed by atoms with van der Waals surface area (Å²) >= 11 is 0. The summed E-state index contributed by atoms with van der Waals surface area (Å²) in [6, 6.07) is 4.57. The van der Waals surface area contributed by atoms with Gasteiger partial charge in [0, 0.05) is 35.3 Å². The molecule has 0 aliphatic rings. The van der Waals surface area contributed by atoms with Crippen LogP contribution in [0.5, 0.6) is 0 Å². The SMILES string of the molecule is Cc1c2[nH]ccc(=O)c2cc2c(=O)cc[nH]c12. The normalized spacial score (nSPS) is 11.1. The summed E-state index contributed by atoms with van der Waals surface area (Å²) in [7, 11) is 0. The second-order valence-corrected chi connectivity index (χ2v) is 4.03. The number of H-pyrrole nitrogens is 2. The molecule has 0 atom stereocenters. The van der Waals surface area contributed by atoms with Crippen molar-refractivity contribution >= 4 is 21.8 Å². The molecule has 0 aliphatic carbocycles. The van der Waals surface area contributed by atoms with Crippen LogP contribution in [0.1, 0.15) is 5.56 Å². The third-order valence-electron chi connectivity index (χ3n) is 3.03. The Hall–Kier alpha value is -2.36. The van der Waals surface area contributed by atoms with Crippen molar-refractivity contribution in [3.63, 3.8) is 0 Å². The Kier molecular flexibility index (Phi) is 1.92. The first-order chi connectivity index (χ1) is 8.18.